The lowest BCUT2D eigenvalue weighted by atomic mass is 10.2. The fourth-order valence-electron chi connectivity index (χ4n) is 1.82. The molecule has 0 spiro atoms. The van der Waals surface area contributed by atoms with Crippen LogP contribution in [0.1, 0.15) is 23.9 Å². The van der Waals surface area contributed by atoms with Gasteiger partial charge in [0, 0.05) is 7.05 Å². The topological polar surface area (TPSA) is 27.1 Å². The Kier molecular flexibility index (Phi) is 4.55. The van der Waals surface area contributed by atoms with Crippen molar-refractivity contribution in [3.8, 4) is 0 Å². The fraction of sp³-hybridized carbons (Fsp3) is 0.357. The molecule has 96 valence electrons. The SMILES string of the molecule is CCc1nn(C)c(COCc2ccccc2)c1Br. The normalized spacial score (nSPS) is 10.8. The zero-order valence-electron chi connectivity index (χ0n) is 10.7. The van der Waals surface area contributed by atoms with Crippen molar-refractivity contribution in [2.75, 3.05) is 0 Å². The van der Waals surface area contributed by atoms with Gasteiger partial charge in [-0.1, -0.05) is 37.3 Å². The van der Waals surface area contributed by atoms with E-state index in [4.69, 9.17) is 4.74 Å². The highest BCUT2D eigenvalue weighted by molar-refractivity contribution is 9.10. The molecule has 0 saturated heterocycles. The van der Waals surface area contributed by atoms with Crippen molar-refractivity contribution in [1.29, 1.82) is 0 Å². The van der Waals surface area contributed by atoms with Crippen LogP contribution in [0.2, 0.25) is 0 Å². The van der Waals surface area contributed by atoms with E-state index in [9.17, 15) is 0 Å². The van der Waals surface area contributed by atoms with Gasteiger partial charge in [-0.3, -0.25) is 4.68 Å². The van der Waals surface area contributed by atoms with Crippen LogP contribution in [0.3, 0.4) is 0 Å². The van der Waals surface area contributed by atoms with Crippen LogP contribution in [-0.2, 0) is 31.4 Å². The Balaban J connectivity index is 1.96. The zero-order chi connectivity index (χ0) is 13.0. The molecule has 0 aliphatic heterocycles. The molecule has 0 aliphatic rings. The lowest BCUT2D eigenvalue weighted by Gasteiger charge is -2.05. The molecule has 2 rings (SSSR count). The van der Waals surface area contributed by atoms with Gasteiger partial charge in [-0.05, 0) is 27.9 Å². The standard InChI is InChI=1S/C14H17BrN2O/c1-3-12-14(15)13(17(2)16-12)10-18-9-11-7-5-4-6-8-11/h4-8H,3,9-10H2,1-2H3. The van der Waals surface area contributed by atoms with Crippen LogP contribution in [-0.4, -0.2) is 9.78 Å². The average Bonchev–Trinajstić information content (AvgIpc) is 2.67. The Labute approximate surface area is 116 Å². The summed E-state index contributed by atoms with van der Waals surface area (Å²) in [5.74, 6) is 0. The molecule has 0 fully saturated rings. The highest BCUT2D eigenvalue weighted by atomic mass is 79.9. The fourth-order valence-corrected chi connectivity index (χ4v) is 2.55. The Morgan fingerprint density at radius 3 is 2.56 bits per heavy atom. The summed E-state index contributed by atoms with van der Waals surface area (Å²) >= 11 is 3.59. The number of rotatable bonds is 5. The molecule has 18 heavy (non-hydrogen) atoms. The zero-order valence-corrected chi connectivity index (χ0v) is 12.3. The van der Waals surface area contributed by atoms with Crippen molar-refractivity contribution in [3.63, 3.8) is 0 Å². The van der Waals surface area contributed by atoms with Crippen LogP contribution in [0.15, 0.2) is 34.8 Å². The van der Waals surface area contributed by atoms with Crippen LogP contribution in [0.25, 0.3) is 0 Å². The maximum atomic E-state index is 5.73. The Morgan fingerprint density at radius 1 is 1.22 bits per heavy atom. The first-order valence-corrected chi connectivity index (χ1v) is 6.83. The molecule has 4 heteroatoms. The van der Waals surface area contributed by atoms with E-state index in [1.807, 2.05) is 29.9 Å². The minimum absolute atomic E-state index is 0.568. The van der Waals surface area contributed by atoms with Gasteiger partial charge < -0.3 is 4.74 Å². The molecule has 0 atom stereocenters. The second kappa shape index (κ2) is 6.16. The predicted molar refractivity (Wildman–Crippen MR) is 75.2 cm³/mol. The number of ether oxygens (including phenoxy) is 1. The highest BCUT2D eigenvalue weighted by Gasteiger charge is 2.12. The molecule has 1 heterocycles. The molecule has 2 aromatic rings. The van der Waals surface area contributed by atoms with E-state index >= 15 is 0 Å². The monoisotopic (exact) mass is 308 g/mol. The number of halogens is 1. The van der Waals surface area contributed by atoms with Crippen molar-refractivity contribution in [1.82, 2.24) is 9.78 Å². The van der Waals surface area contributed by atoms with E-state index in [1.54, 1.807) is 0 Å². The molecule has 0 amide bonds. The molecule has 0 saturated carbocycles. The maximum absolute atomic E-state index is 5.73. The van der Waals surface area contributed by atoms with Gasteiger partial charge >= 0.3 is 0 Å². The van der Waals surface area contributed by atoms with Gasteiger partial charge in [0.25, 0.3) is 0 Å². The molecule has 0 N–H and O–H groups in total. The molecular formula is C14H17BrN2O. The van der Waals surface area contributed by atoms with E-state index in [0.29, 0.717) is 13.2 Å². The molecule has 0 bridgehead atoms. The van der Waals surface area contributed by atoms with Crippen LogP contribution >= 0.6 is 15.9 Å². The van der Waals surface area contributed by atoms with Gasteiger partial charge in [0.15, 0.2) is 0 Å². The average molecular weight is 309 g/mol. The van der Waals surface area contributed by atoms with E-state index in [-0.39, 0.29) is 0 Å². The number of hydrogen-bond donors (Lipinski definition) is 0. The Morgan fingerprint density at radius 2 is 1.94 bits per heavy atom. The van der Waals surface area contributed by atoms with Crippen molar-refractivity contribution in [2.45, 2.75) is 26.6 Å². The number of hydrogen-bond acceptors (Lipinski definition) is 2. The molecule has 3 nitrogen and oxygen atoms in total. The van der Waals surface area contributed by atoms with Gasteiger partial charge in [-0.15, -0.1) is 0 Å². The Bertz CT molecular complexity index is 508. The van der Waals surface area contributed by atoms with Crippen LogP contribution < -0.4 is 0 Å². The molecule has 0 unspecified atom stereocenters. The van der Waals surface area contributed by atoms with Gasteiger partial charge in [0.2, 0.25) is 0 Å². The van der Waals surface area contributed by atoms with E-state index in [0.717, 1.165) is 22.3 Å². The summed E-state index contributed by atoms with van der Waals surface area (Å²) in [5, 5.41) is 4.44. The smallest absolute Gasteiger partial charge is 0.0900 e. The quantitative estimate of drug-likeness (QED) is 0.846. The summed E-state index contributed by atoms with van der Waals surface area (Å²) in [5.41, 5.74) is 3.35. The molecular weight excluding hydrogens is 292 g/mol. The minimum Gasteiger partial charge on any atom is -0.370 e. The third-order valence-electron chi connectivity index (χ3n) is 2.85. The number of nitrogens with zero attached hydrogens (tertiary/aromatic N) is 2. The van der Waals surface area contributed by atoms with E-state index in [2.05, 4.69) is 40.1 Å². The molecule has 1 aromatic heterocycles. The second-order valence-corrected chi connectivity index (χ2v) is 4.96. The number of aromatic nitrogens is 2. The van der Waals surface area contributed by atoms with Gasteiger partial charge in [0.1, 0.15) is 0 Å². The summed E-state index contributed by atoms with van der Waals surface area (Å²) in [6, 6.07) is 10.2. The molecule has 0 radical (unpaired) electrons. The summed E-state index contributed by atoms with van der Waals surface area (Å²) in [7, 11) is 1.95. The first-order valence-electron chi connectivity index (χ1n) is 6.04. The summed E-state index contributed by atoms with van der Waals surface area (Å²) in [6.07, 6.45) is 0.924. The largest absolute Gasteiger partial charge is 0.370 e. The van der Waals surface area contributed by atoms with Crippen molar-refractivity contribution in [3.05, 3.63) is 51.8 Å². The molecule has 1 aromatic carbocycles. The molecule has 0 aliphatic carbocycles. The van der Waals surface area contributed by atoms with Crippen molar-refractivity contribution in [2.24, 2.45) is 7.05 Å². The Hall–Kier alpha value is -1.13. The van der Waals surface area contributed by atoms with Crippen molar-refractivity contribution < 1.29 is 4.74 Å². The highest BCUT2D eigenvalue weighted by Crippen LogP contribution is 2.22. The summed E-state index contributed by atoms with van der Waals surface area (Å²) < 4.78 is 8.69. The third kappa shape index (κ3) is 3.00. The minimum atomic E-state index is 0.568. The summed E-state index contributed by atoms with van der Waals surface area (Å²) in [4.78, 5) is 0. The lowest BCUT2D eigenvalue weighted by molar-refractivity contribution is 0.102. The van der Waals surface area contributed by atoms with Gasteiger partial charge in [0.05, 0.1) is 29.1 Å². The first-order chi connectivity index (χ1) is 8.72. The lowest BCUT2D eigenvalue weighted by Crippen LogP contribution is -2.02. The van der Waals surface area contributed by atoms with Crippen LogP contribution in [0.5, 0.6) is 0 Å². The van der Waals surface area contributed by atoms with Crippen LogP contribution in [0.4, 0.5) is 0 Å². The van der Waals surface area contributed by atoms with Gasteiger partial charge in [-0.2, -0.15) is 5.10 Å². The summed E-state index contributed by atoms with van der Waals surface area (Å²) in [6.45, 7) is 3.29. The third-order valence-corrected chi connectivity index (χ3v) is 3.77. The van der Waals surface area contributed by atoms with Crippen LogP contribution in [0, 0.1) is 0 Å². The van der Waals surface area contributed by atoms with Crippen molar-refractivity contribution >= 4 is 15.9 Å². The van der Waals surface area contributed by atoms with E-state index in [1.165, 1.54) is 5.56 Å². The second-order valence-electron chi connectivity index (χ2n) is 4.16. The van der Waals surface area contributed by atoms with E-state index < -0.39 is 0 Å². The number of aryl methyl sites for hydroxylation is 2. The predicted octanol–water partition coefficient (Wildman–Crippen LogP) is 3.46. The first kappa shape index (κ1) is 13.3. The number of benzene rings is 1. The maximum Gasteiger partial charge on any atom is 0.0900 e. The van der Waals surface area contributed by atoms with Gasteiger partial charge in [-0.25, -0.2) is 0 Å².